The Kier molecular flexibility index (Phi) is 4.25. The van der Waals surface area contributed by atoms with Crippen molar-refractivity contribution in [1.82, 2.24) is 15.3 Å². The molecule has 2 heterocycles. The van der Waals surface area contributed by atoms with E-state index in [9.17, 15) is 4.79 Å². The van der Waals surface area contributed by atoms with E-state index in [-0.39, 0.29) is 17.1 Å². The van der Waals surface area contributed by atoms with Crippen molar-refractivity contribution < 1.29 is 4.79 Å². The zero-order valence-electron chi connectivity index (χ0n) is 11.4. The number of nitrogens with one attached hydrogen (secondary N) is 1. The van der Waals surface area contributed by atoms with Gasteiger partial charge in [0.2, 0.25) is 0 Å². The van der Waals surface area contributed by atoms with E-state index in [4.69, 9.17) is 17.3 Å². The molecule has 0 fully saturated rings. The second-order valence-electron chi connectivity index (χ2n) is 4.47. The van der Waals surface area contributed by atoms with E-state index in [0.717, 1.165) is 15.6 Å². The van der Waals surface area contributed by atoms with Gasteiger partial charge in [-0.25, -0.2) is 9.97 Å². The molecule has 2 rings (SSSR count). The number of aromatic nitrogens is 2. The van der Waals surface area contributed by atoms with Crippen LogP contribution in [0.3, 0.4) is 0 Å². The SMILES string of the molecule is Cc1nc(C)c(C(C)NC(=O)c2cc(Cl)ncc2N)s1. The fourth-order valence-corrected chi connectivity index (χ4v) is 3.01. The molecule has 1 atom stereocenters. The molecule has 0 aliphatic rings. The summed E-state index contributed by atoms with van der Waals surface area (Å²) >= 11 is 7.36. The summed E-state index contributed by atoms with van der Waals surface area (Å²) in [4.78, 5) is 21.4. The van der Waals surface area contributed by atoms with Crippen LogP contribution < -0.4 is 11.1 Å². The number of anilines is 1. The van der Waals surface area contributed by atoms with Crippen LogP contribution in [0.25, 0.3) is 0 Å². The number of pyridine rings is 1. The molecule has 0 saturated heterocycles. The highest BCUT2D eigenvalue weighted by atomic mass is 35.5. The number of rotatable bonds is 3. The third-order valence-electron chi connectivity index (χ3n) is 2.83. The molecule has 2 aromatic heterocycles. The molecular formula is C13H15ClN4OS. The molecule has 3 N–H and O–H groups in total. The van der Waals surface area contributed by atoms with Crippen molar-refractivity contribution in [2.45, 2.75) is 26.8 Å². The third kappa shape index (κ3) is 3.08. The Morgan fingerprint density at radius 3 is 2.80 bits per heavy atom. The number of carbonyl (C=O) groups excluding carboxylic acids is 1. The van der Waals surface area contributed by atoms with Gasteiger partial charge in [-0.05, 0) is 26.8 Å². The average molecular weight is 311 g/mol. The Bertz CT molecular complexity index is 656. The molecule has 7 heteroatoms. The topological polar surface area (TPSA) is 80.9 Å². The van der Waals surface area contributed by atoms with Gasteiger partial charge in [0.05, 0.1) is 34.2 Å². The molecule has 0 aromatic carbocycles. The quantitative estimate of drug-likeness (QED) is 0.854. The lowest BCUT2D eigenvalue weighted by Gasteiger charge is -2.14. The summed E-state index contributed by atoms with van der Waals surface area (Å²) in [5.74, 6) is -0.273. The highest BCUT2D eigenvalue weighted by molar-refractivity contribution is 7.11. The summed E-state index contributed by atoms with van der Waals surface area (Å²) in [5, 5.41) is 4.11. The number of nitrogens with two attached hydrogens (primary N) is 1. The van der Waals surface area contributed by atoms with E-state index in [2.05, 4.69) is 15.3 Å². The van der Waals surface area contributed by atoms with Crippen molar-refractivity contribution in [1.29, 1.82) is 0 Å². The van der Waals surface area contributed by atoms with Crippen LogP contribution in [0.2, 0.25) is 5.15 Å². The fourth-order valence-electron chi connectivity index (χ4n) is 1.93. The first-order chi connectivity index (χ1) is 9.38. The Morgan fingerprint density at radius 2 is 2.20 bits per heavy atom. The summed E-state index contributed by atoms with van der Waals surface area (Å²) in [5.41, 5.74) is 7.31. The van der Waals surface area contributed by atoms with Gasteiger partial charge in [0.25, 0.3) is 5.91 Å². The van der Waals surface area contributed by atoms with E-state index < -0.39 is 0 Å². The highest BCUT2D eigenvalue weighted by Crippen LogP contribution is 2.25. The Labute approximate surface area is 126 Å². The number of amides is 1. The van der Waals surface area contributed by atoms with Crippen LogP contribution in [0.4, 0.5) is 5.69 Å². The van der Waals surface area contributed by atoms with Crippen molar-refractivity contribution in [3.63, 3.8) is 0 Å². The normalized spacial score (nSPS) is 12.2. The fraction of sp³-hybridized carbons (Fsp3) is 0.308. The zero-order chi connectivity index (χ0) is 14.9. The number of halogens is 1. The van der Waals surface area contributed by atoms with Gasteiger partial charge in [-0.1, -0.05) is 11.6 Å². The molecule has 2 aromatic rings. The molecule has 5 nitrogen and oxygen atoms in total. The Balaban J connectivity index is 2.19. The summed E-state index contributed by atoms with van der Waals surface area (Å²) < 4.78 is 0. The van der Waals surface area contributed by atoms with E-state index >= 15 is 0 Å². The Hall–Kier alpha value is -1.66. The third-order valence-corrected chi connectivity index (χ3v) is 4.29. The highest BCUT2D eigenvalue weighted by Gasteiger charge is 2.18. The van der Waals surface area contributed by atoms with Crippen LogP contribution in [0, 0.1) is 13.8 Å². The van der Waals surface area contributed by atoms with Crippen LogP contribution in [0.1, 0.15) is 38.9 Å². The minimum atomic E-state index is -0.273. The van der Waals surface area contributed by atoms with Crippen LogP contribution >= 0.6 is 22.9 Å². The van der Waals surface area contributed by atoms with Gasteiger partial charge in [-0.15, -0.1) is 11.3 Å². The maximum Gasteiger partial charge on any atom is 0.254 e. The molecular weight excluding hydrogens is 296 g/mol. The van der Waals surface area contributed by atoms with E-state index in [1.54, 1.807) is 11.3 Å². The minimum Gasteiger partial charge on any atom is -0.397 e. The number of hydrogen-bond donors (Lipinski definition) is 2. The van der Waals surface area contributed by atoms with Gasteiger partial charge in [0.15, 0.2) is 0 Å². The summed E-state index contributed by atoms with van der Waals surface area (Å²) in [7, 11) is 0. The first-order valence-electron chi connectivity index (χ1n) is 6.04. The minimum absolute atomic E-state index is 0.139. The van der Waals surface area contributed by atoms with E-state index in [0.29, 0.717) is 11.3 Å². The van der Waals surface area contributed by atoms with Crippen LogP contribution in [0.5, 0.6) is 0 Å². The largest absolute Gasteiger partial charge is 0.397 e. The summed E-state index contributed by atoms with van der Waals surface area (Å²) in [6.45, 7) is 5.78. The smallest absolute Gasteiger partial charge is 0.254 e. The maximum atomic E-state index is 12.2. The van der Waals surface area contributed by atoms with Gasteiger partial charge >= 0.3 is 0 Å². The van der Waals surface area contributed by atoms with Gasteiger partial charge in [0, 0.05) is 4.88 Å². The number of nitrogen functional groups attached to an aromatic ring is 1. The van der Waals surface area contributed by atoms with Crippen molar-refractivity contribution in [3.05, 3.63) is 38.6 Å². The molecule has 1 unspecified atom stereocenters. The Morgan fingerprint density at radius 1 is 1.50 bits per heavy atom. The lowest BCUT2D eigenvalue weighted by molar-refractivity contribution is 0.0941. The van der Waals surface area contributed by atoms with Gasteiger partial charge < -0.3 is 11.1 Å². The summed E-state index contributed by atoms with van der Waals surface area (Å²) in [6.07, 6.45) is 1.38. The first-order valence-corrected chi connectivity index (χ1v) is 7.23. The van der Waals surface area contributed by atoms with Gasteiger partial charge in [-0.3, -0.25) is 4.79 Å². The first kappa shape index (κ1) is 14.7. The second-order valence-corrected chi connectivity index (χ2v) is 6.09. The molecule has 0 aliphatic carbocycles. The van der Waals surface area contributed by atoms with Crippen molar-refractivity contribution in [3.8, 4) is 0 Å². The van der Waals surface area contributed by atoms with E-state index in [1.165, 1.54) is 12.3 Å². The van der Waals surface area contributed by atoms with Gasteiger partial charge in [-0.2, -0.15) is 0 Å². The molecule has 0 bridgehead atoms. The lowest BCUT2D eigenvalue weighted by atomic mass is 10.2. The predicted molar refractivity (Wildman–Crippen MR) is 81.1 cm³/mol. The lowest BCUT2D eigenvalue weighted by Crippen LogP contribution is -2.27. The number of carbonyl (C=O) groups is 1. The average Bonchev–Trinajstić information content (AvgIpc) is 2.71. The number of hydrogen-bond acceptors (Lipinski definition) is 5. The monoisotopic (exact) mass is 310 g/mol. The van der Waals surface area contributed by atoms with Gasteiger partial charge in [0.1, 0.15) is 5.15 Å². The number of aryl methyl sites for hydroxylation is 2. The van der Waals surface area contributed by atoms with Crippen molar-refractivity contribution in [2.24, 2.45) is 0 Å². The van der Waals surface area contributed by atoms with Crippen molar-refractivity contribution >= 4 is 34.5 Å². The van der Waals surface area contributed by atoms with Crippen LogP contribution in [-0.2, 0) is 0 Å². The van der Waals surface area contributed by atoms with Crippen LogP contribution in [-0.4, -0.2) is 15.9 Å². The molecule has 0 radical (unpaired) electrons. The standard InChI is InChI=1S/C13H15ClN4OS/c1-6-12(20-8(3)17-6)7(2)18-13(19)9-4-11(14)16-5-10(9)15/h4-5,7H,15H2,1-3H3,(H,18,19). The van der Waals surface area contributed by atoms with Crippen molar-refractivity contribution in [2.75, 3.05) is 5.73 Å². The second kappa shape index (κ2) is 5.76. The predicted octanol–water partition coefficient (Wildman–Crippen LogP) is 2.88. The molecule has 20 heavy (non-hydrogen) atoms. The zero-order valence-corrected chi connectivity index (χ0v) is 13.0. The molecule has 106 valence electrons. The maximum absolute atomic E-state index is 12.2. The molecule has 1 amide bonds. The summed E-state index contributed by atoms with van der Waals surface area (Å²) in [6, 6.07) is 1.32. The number of thiazole rings is 1. The van der Waals surface area contributed by atoms with E-state index in [1.807, 2.05) is 20.8 Å². The molecule has 0 spiro atoms. The molecule has 0 aliphatic heterocycles. The molecule has 0 saturated carbocycles. The van der Waals surface area contributed by atoms with Crippen LogP contribution in [0.15, 0.2) is 12.3 Å². The number of nitrogens with zero attached hydrogens (tertiary/aromatic N) is 2.